The Balaban J connectivity index is 2.24. The first-order valence-electron chi connectivity index (χ1n) is 5.64. The molecular weight excluding hydrogens is 303 g/mol. The van der Waals surface area contributed by atoms with Crippen molar-refractivity contribution in [3.63, 3.8) is 0 Å². The van der Waals surface area contributed by atoms with E-state index in [-0.39, 0.29) is 0 Å². The molecule has 0 aliphatic heterocycles. The molecule has 104 valence electrons. The normalized spacial score (nSPS) is 10.7. The Hall–Kier alpha value is -1.91. The van der Waals surface area contributed by atoms with Gasteiger partial charge in [-0.25, -0.2) is 4.79 Å². The average Bonchev–Trinajstić information content (AvgIpc) is 2.48. The number of halogens is 2. The van der Waals surface area contributed by atoms with Gasteiger partial charge in [-0.05, 0) is 35.9 Å². The Morgan fingerprint density at radius 2 is 1.25 bits per heavy atom. The van der Waals surface area contributed by atoms with Crippen LogP contribution in [0.5, 0.6) is 11.5 Å². The number of rotatable bonds is 5. The first kappa shape index (κ1) is 14.5. The predicted molar refractivity (Wildman–Crippen MR) is 74.7 cm³/mol. The lowest BCUT2D eigenvalue weighted by Crippen LogP contribution is -2.45. The summed E-state index contributed by atoms with van der Waals surface area (Å²) in [6.45, 7) is 0. The molecule has 0 aliphatic rings. The van der Waals surface area contributed by atoms with E-state index >= 15 is 0 Å². The largest absolute Gasteiger partial charge is 0.437 e. The van der Waals surface area contributed by atoms with Gasteiger partial charge in [0.1, 0.15) is 23.4 Å². The van der Waals surface area contributed by atoms with E-state index in [4.69, 9.17) is 32.9 Å². The summed E-state index contributed by atoms with van der Waals surface area (Å²) >= 11 is 11.1. The number of carbonyl (C=O) groups is 1. The van der Waals surface area contributed by atoms with Crippen LogP contribution in [0.2, 0.25) is 0 Å². The van der Waals surface area contributed by atoms with E-state index < -0.39 is 11.2 Å². The second-order valence-corrected chi connectivity index (χ2v) is 4.38. The lowest BCUT2D eigenvalue weighted by molar-refractivity contribution is -0.162. The van der Waals surface area contributed by atoms with Gasteiger partial charge in [-0.15, -0.1) is 0 Å². The standard InChI is InChI=1S/C14H10Cl2O4/c15-14(13(17)20-16,18-11-7-3-1-4-8-11)19-12-9-5-2-6-10-12/h1-10H. The number of hydrogen-bond acceptors (Lipinski definition) is 4. The second kappa shape index (κ2) is 6.50. The van der Waals surface area contributed by atoms with Gasteiger partial charge in [0.15, 0.2) is 0 Å². The summed E-state index contributed by atoms with van der Waals surface area (Å²) in [5.74, 6) is -0.408. The fourth-order valence-corrected chi connectivity index (χ4v) is 1.79. The van der Waals surface area contributed by atoms with Crippen LogP contribution in [0.3, 0.4) is 0 Å². The molecule has 0 aromatic heterocycles. The molecule has 0 N–H and O–H groups in total. The minimum Gasteiger partial charge on any atom is -0.431 e. The summed E-state index contributed by atoms with van der Waals surface area (Å²) in [5, 5.41) is -2.20. The van der Waals surface area contributed by atoms with E-state index in [0.717, 1.165) is 0 Å². The highest BCUT2D eigenvalue weighted by molar-refractivity contribution is 6.33. The molecule has 0 radical (unpaired) electrons. The Kier molecular flexibility index (Phi) is 4.71. The molecule has 2 rings (SSSR count). The topological polar surface area (TPSA) is 44.8 Å². The van der Waals surface area contributed by atoms with E-state index in [0.29, 0.717) is 11.5 Å². The van der Waals surface area contributed by atoms with Crippen molar-refractivity contribution in [2.45, 2.75) is 5.25 Å². The van der Waals surface area contributed by atoms with Crippen molar-refractivity contribution in [3.05, 3.63) is 60.7 Å². The summed E-state index contributed by atoms with van der Waals surface area (Å²) < 4.78 is 14.8. The van der Waals surface area contributed by atoms with E-state index in [1.807, 2.05) is 0 Å². The molecule has 0 unspecified atom stereocenters. The molecule has 0 amide bonds. The molecule has 0 saturated heterocycles. The minimum atomic E-state index is -2.20. The molecule has 6 heteroatoms. The zero-order chi connectivity index (χ0) is 14.4. The van der Waals surface area contributed by atoms with Gasteiger partial charge < -0.3 is 13.8 Å². The number of carbonyl (C=O) groups excluding carboxylic acids is 1. The first-order chi connectivity index (χ1) is 9.64. The molecule has 0 bridgehead atoms. The van der Waals surface area contributed by atoms with Crippen LogP contribution in [0.4, 0.5) is 0 Å². The molecule has 0 heterocycles. The molecule has 20 heavy (non-hydrogen) atoms. The van der Waals surface area contributed by atoms with Gasteiger partial charge in [0, 0.05) is 0 Å². The quantitative estimate of drug-likeness (QED) is 0.623. The third-order valence-corrected chi connectivity index (χ3v) is 2.75. The highest BCUT2D eigenvalue weighted by atomic mass is 35.5. The van der Waals surface area contributed by atoms with Gasteiger partial charge in [0.25, 0.3) is 0 Å². The van der Waals surface area contributed by atoms with Crippen molar-refractivity contribution >= 4 is 29.4 Å². The Morgan fingerprint density at radius 1 is 0.850 bits per heavy atom. The van der Waals surface area contributed by atoms with E-state index in [1.54, 1.807) is 60.7 Å². The maximum Gasteiger partial charge on any atom is 0.437 e. The highest BCUT2D eigenvalue weighted by Gasteiger charge is 2.45. The van der Waals surface area contributed by atoms with Crippen LogP contribution in [0.25, 0.3) is 0 Å². The summed E-state index contributed by atoms with van der Waals surface area (Å²) in [6, 6.07) is 17.0. The lowest BCUT2D eigenvalue weighted by atomic mass is 10.3. The fraction of sp³-hybridized carbons (Fsp3) is 0.0714. The molecule has 2 aromatic carbocycles. The van der Waals surface area contributed by atoms with Crippen molar-refractivity contribution in [2.24, 2.45) is 0 Å². The van der Waals surface area contributed by atoms with Crippen LogP contribution in [0.1, 0.15) is 0 Å². The molecule has 0 saturated carbocycles. The van der Waals surface area contributed by atoms with Crippen LogP contribution >= 0.6 is 23.5 Å². The molecule has 0 aliphatic carbocycles. The maximum absolute atomic E-state index is 11.7. The van der Waals surface area contributed by atoms with E-state index in [9.17, 15) is 4.79 Å². The smallest absolute Gasteiger partial charge is 0.431 e. The summed E-state index contributed by atoms with van der Waals surface area (Å²) in [4.78, 5) is 11.7. The molecule has 0 fully saturated rings. The van der Waals surface area contributed by atoms with E-state index in [2.05, 4.69) is 4.29 Å². The van der Waals surface area contributed by atoms with Crippen LogP contribution in [0.15, 0.2) is 60.7 Å². The zero-order valence-electron chi connectivity index (χ0n) is 10.2. The lowest BCUT2D eigenvalue weighted by Gasteiger charge is -2.24. The SMILES string of the molecule is O=C(OCl)C(Cl)(Oc1ccccc1)Oc1ccccc1. The highest BCUT2D eigenvalue weighted by Crippen LogP contribution is 2.27. The van der Waals surface area contributed by atoms with Crippen LogP contribution in [-0.2, 0) is 9.08 Å². The molecule has 0 spiro atoms. The predicted octanol–water partition coefficient (Wildman–Crippen LogP) is 3.73. The van der Waals surface area contributed by atoms with Crippen molar-refractivity contribution in [1.29, 1.82) is 0 Å². The molecular formula is C14H10Cl2O4. The van der Waals surface area contributed by atoms with Gasteiger partial charge in [0.05, 0.1) is 0 Å². The number of ether oxygens (including phenoxy) is 2. The second-order valence-electron chi connectivity index (χ2n) is 3.73. The Morgan fingerprint density at radius 3 is 1.60 bits per heavy atom. The summed E-state index contributed by atoms with van der Waals surface area (Å²) in [7, 11) is 0. The van der Waals surface area contributed by atoms with Crippen molar-refractivity contribution in [1.82, 2.24) is 0 Å². The van der Waals surface area contributed by atoms with Crippen LogP contribution in [-0.4, -0.2) is 11.2 Å². The number of alkyl halides is 1. The fourth-order valence-electron chi connectivity index (χ4n) is 1.43. The van der Waals surface area contributed by atoms with Gasteiger partial charge in [0.2, 0.25) is 0 Å². The number of para-hydroxylation sites is 2. The van der Waals surface area contributed by atoms with Gasteiger partial charge in [-0.1, -0.05) is 36.4 Å². The van der Waals surface area contributed by atoms with Gasteiger partial charge in [-0.2, -0.15) is 0 Å². The molecule has 2 aromatic rings. The van der Waals surface area contributed by atoms with Gasteiger partial charge >= 0.3 is 11.2 Å². The minimum absolute atomic E-state index is 0.334. The maximum atomic E-state index is 11.7. The van der Waals surface area contributed by atoms with Gasteiger partial charge in [-0.3, -0.25) is 0 Å². The van der Waals surface area contributed by atoms with E-state index in [1.165, 1.54) is 0 Å². The summed E-state index contributed by atoms with van der Waals surface area (Å²) in [6.07, 6.45) is 0. The third-order valence-electron chi connectivity index (χ3n) is 2.30. The van der Waals surface area contributed by atoms with Crippen molar-refractivity contribution < 1.29 is 18.6 Å². The number of benzene rings is 2. The van der Waals surface area contributed by atoms with Crippen LogP contribution in [0, 0.1) is 0 Å². The first-order valence-corrected chi connectivity index (χ1v) is 6.33. The Labute approximate surface area is 125 Å². The van der Waals surface area contributed by atoms with Crippen molar-refractivity contribution in [3.8, 4) is 11.5 Å². The monoisotopic (exact) mass is 312 g/mol. The zero-order valence-corrected chi connectivity index (χ0v) is 11.7. The molecule has 0 atom stereocenters. The molecule has 4 nitrogen and oxygen atoms in total. The Bertz CT molecular complexity index is 518. The average molecular weight is 313 g/mol. The van der Waals surface area contributed by atoms with Crippen molar-refractivity contribution in [2.75, 3.05) is 0 Å². The third kappa shape index (κ3) is 3.56. The number of hydrogen-bond donors (Lipinski definition) is 0. The summed E-state index contributed by atoms with van der Waals surface area (Å²) in [5.41, 5.74) is 0. The van der Waals surface area contributed by atoms with Crippen LogP contribution < -0.4 is 9.47 Å².